The smallest absolute Gasteiger partial charge is 0.376 e. The molecule has 13 heavy (non-hydrogen) atoms. The van der Waals surface area contributed by atoms with E-state index in [4.69, 9.17) is 9.15 Å². The van der Waals surface area contributed by atoms with E-state index in [1.54, 1.807) is 13.0 Å². The van der Waals surface area contributed by atoms with Crippen molar-refractivity contribution in [3.05, 3.63) is 22.6 Å². The topological polar surface area (TPSA) is 39.4 Å². The molecule has 0 aliphatic carbocycles. The third kappa shape index (κ3) is 2.63. The van der Waals surface area contributed by atoms with E-state index < -0.39 is 5.97 Å². The molecule has 0 unspecified atom stereocenters. The van der Waals surface area contributed by atoms with Gasteiger partial charge in [-0.25, -0.2) is 4.79 Å². The zero-order chi connectivity index (χ0) is 9.68. The van der Waals surface area contributed by atoms with E-state index in [9.17, 15) is 4.79 Å². The third-order valence-corrected chi connectivity index (χ3v) is 1.88. The molecular formula is C9H7BrO3. The Kier molecular flexibility index (Phi) is 3.59. The summed E-state index contributed by atoms with van der Waals surface area (Å²) < 4.78 is 10.2. The fraction of sp³-hybridized carbons (Fsp3) is 0.222. The minimum atomic E-state index is -0.514. The van der Waals surface area contributed by atoms with Gasteiger partial charge in [0.05, 0.1) is 10.7 Å². The predicted molar refractivity (Wildman–Crippen MR) is 50.1 cm³/mol. The highest BCUT2D eigenvalue weighted by Crippen LogP contribution is 2.17. The van der Waals surface area contributed by atoms with Gasteiger partial charge in [0.1, 0.15) is 0 Å². The van der Waals surface area contributed by atoms with E-state index in [-0.39, 0.29) is 12.4 Å². The second kappa shape index (κ2) is 4.73. The van der Waals surface area contributed by atoms with Crippen LogP contribution in [0.3, 0.4) is 0 Å². The van der Waals surface area contributed by atoms with Gasteiger partial charge >= 0.3 is 5.97 Å². The first-order chi connectivity index (χ1) is 6.25. The normalized spacial score (nSPS) is 8.77. The summed E-state index contributed by atoms with van der Waals surface area (Å²) in [4.78, 5) is 11.2. The first-order valence-electron chi connectivity index (χ1n) is 3.55. The Morgan fingerprint density at radius 3 is 3.08 bits per heavy atom. The maximum absolute atomic E-state index is 11.2. The highest BCUT2D eigenvalue weighted by Gasteiger charge is 2.14. The lowest BCUT2D eigenvalue weighted by molar-refractivity contribution is 0.0519. The maximum atomic E-state index is 11.2. The first kappa shape index (κ1) is 9.87. The molecule has 0 aromatic carbocycles. The molecule has 1 aromatic rings. The lowest BCUT2D eigenvalue weighted by atomic mass is 10.4. The Hall–Kier alpha value is -1.21. The van der Waals surface area contributed by atoms with Gasteiger partial charge in [-0.3, -0.25) is 0 Å². The van der Waals surface area contributed by atoms with E-state index in [1.165, 1.54) is 6.26 Å². The number of hydrogen-bond acceptors (Lipinski definition) is 3. The average molecular weight is 243 g/mol. The van der Waals surface area contributed by atoms with Crippen molar-refractivity contribution in [1.82, 2.24) is 0 Å². The van der Waals surface area contributed by atoms with Crippen molar-refractivity contribution in [3.63, 3.8) is 0 Å². The van der Waals surface area contributed by atoms with Crippen LogP contribution in [0.25, 0.3) is 0 Å². The molecule has 0 amide bonds. The van der Waals surface area contributed by atoms with Crippen LogP contribution in [0.4, 0.5) is 0 Å². The van der Waals surface area contributed by atoms with E-state index >= 15 is 0 Å². The van der Waals surface area contributed by atoms with Crippen molar-refractivity contribution < 1.29 is 13.9 Å². The van der Waals surface area contributed by atoms with Crippen molar-refractivity contribution in [1.29, 1.82) is 0 Å². The third-order valence-electron chi connectivity index (χ3n) is 1.25. The molecule has 1 aromatic heterocycles. The number of halogens is 1. The highest BCUT2D eigenvalue weighted by molar-refractivity contribution is 9.10. The largest absolute Gasteiger partial charge is 0.456 e. The second-order valence-corrected chi connectivity index (χ2v) is 2.95. The summed E-state index contributed by atoms with van der Waals surface area (Å²) in [6.45, 7) is 1.76. The van der Waals surface area contributed by atoms with Gasteiger partial charge in [0.15, 0.2) is 6.61 Å². The monoisotopic (exact) mass is 242 g/mol. The molecule has 0 aliphatic heterocycles. The van der Waals surface area contributed by atoms with E-state index in [2.05, 4.69) is 27.8 Å². The van der Waals surface area contributed by atoms with Crippen LogP contribution in [0.1, 0.15) is 17.5 Å². The Balaban J connectivity index is 2.57. The van der Waals surface area contributed by atoms with Crippen molar-refractivity contribution in [2.45, 2.75) is 6.92 Å². The predicted octanol–water partition coefficient (Wildman–Crippen LogP) is 2.22. The Bertz CT molecular complexity index is 356. The van der Waals surface area contributed by atoms with Gasteiger partial charge in [0.25, 0.3) is 0 Å². The molecular weight excluding hydrogens is 236 g/mol. The van der Waals surface area contributed by atoms with Crippen LogP contribution in [0.15, 0.2) is 21.2 Å². The molecule has 1 heterocycles. The standard InChI is InChI=1S/C9H7BrO3/c1-2-3-5-13-9(11)8-7(10)4-6-12-8/h4,6H,5H2,1H3. The number of hydrogen-bond donors (Lipinski definition) is 0. The van der Waals surface area contributed by atoms with Crippen LogP contribution in [0, 0.1) is 11.8 Å². The number of carbonyl (C=O) groups excluding carboxylic acids is 1. The van der Waals surface area contributed by atoms with Crippen molar-refractivity contribution in [2.24, 2.45) is 0 Å². The molecule has 0 atom stereocenters. The molecule has 1 rings (SSSR count). The van der Waals surface area contributed by atoms with E-state index in [1.807, 2.05) is 0 Å². The Labute approximate surface area is 84.2 Å². The van der Waals surface area contributed by atoms with Crippen LogP contribution >= 0.6 is 15.9 Å². The summed E-state index contributed by atoms with van der Waals surface area (Å²) >= 11 is 3.15. The Morgan fingerprint density at radius 2 is 2.54 bits per heavy atom. The zero-order valence-electron chi connectivity index (χ0n) is 6.96. The summed E-state index contributed by atoms with van der Waals surface area (Å²) in [7, 11) is 0. The summed E-state index contributed by atoms with van der Waals surface area (Å²) in [5, 5.41) is 0. The molecule has 0 saturated heterocycles. The average Bonchev–Trinajstić information content (AvgIpc) is 2.52. The summed E-state index contributed by atoms with van der Waals surface area (Å²) in [6.07, 6.45) is 1.41. The number of rotatable bonds is 2. The number of esters is 1. The fourth-order valence-corrected chi connectivity index (χ4v) is 1.04. The van der Waals surface area contributed by atoms with Crippen LogP contribution < -0.4 is 0 Å². The molecule has 0 bridgehead atoms. The van der Waals surface area contributed by atoms with Crippen molar-refractivity contribution >= 4 is 21.9 Å². The van der Waals surface area contributed by atoms with Gasteiger partial charge in [-0.2, -0.15) is 0 Å². The van der Waals surface area contributed by atoms with Crippen LogP contribution in [0.2, 0.25) is 0 Å². The lowest BCUT2D eigenvalue weighted by Gasteiger charge is -1.96. The summed E-state index contributed by atoms with van der Waals surface area (Å²) in [5.74, 6) is 4.87. The molecule has 0 fully saturated rings. The molecule has 68 valence electrons. The second-order valence-electron chi connectivity index (χ2n) is 2.10. The fourth-order valence-electron chi connectivity index (χ4n) is 0.679. The van der Waals surface area contributed by atoms with E-state index in [0.29, 0.717) is 4.47 Å². The van der Waals surface area contributed by atoms with Gasteiger partial charge in [-0.1, -0.05) is 5.92 Å². The molecule has 0 spiro atoms. The van der Waals surface area contributed by atoms with Gasteiger partial charge in [0, 0.05) is 0 Å². The van der Waals surface area contributed by atoms with Gasteiger partial charge in [0.2, 0.25) is 5.76 Å². The van der Waals surface area contributed by atoms with Crippen molar-refractivity contribution in [2.75, 3.05) is 6.61 Å². The summed E-state index contributed by atoms with van der Waals surface area (Å²) in [5.41, 5.74) is 0. The van der Waals surface area contributed by atoms with Crippen LogP contribution in [0.5, 0.6) is 0 Å². The molecule has 0 saturated carbocycles. The molecule has 0 radical (unpaired) electrons. The molecule has 0 aliphatic rings. The van der Waals surface area contributed by atoms with Gasteiger partial charge in [-0.05, 0) is 28.9 Å². The molecule has 4 heteroatoms. The van der Waals surface area contributed by atoms with Crippen LogP contribution in [-0.2, 0) is 4.74 Å². The van der Waals surface area contributed by atoms with Gasteiger partial charge < -0.3 is 9.15 Å². The Morgan fingerprint density at radius 1 is 1.77 bits per heavy atom. The SMILES string of the molecule is CC#CCOC(=O)c1occc1Br. The van der Waals surface area contributed by atoms with Gasteiger partial charge in [-0.15, -0.1) is 5.92 Å². The molecule has 0 N–H and O–H groups in total. The number of ether oxygens (including phenoxy) is 1. The van der Waals surface area contributed by atoms with Crippen LogP contribution in [-0.4, -0.2) is 12.6 Å². The highest BCUT2D eigenvalue weighted by atomic mass is 79.9. The first-order valence-corrected chi connectivity index (χ1v) is 4.34. The molecule has 3 nitrogen and oxygen atoms in total. The minimum absolute atomic E-state index is 0.0858. The van der Waals surface area contributed by atoms with E-state index in [0.717, 1.165) is 0 Å². The maximum Gasteiger partial charge on any atom is 0.376 e. The lowest BCUT2D eigenvalue weighted by Crippen LogP contribution is -2.04. The number of furan rings is 1. The quantitative estimate of drug-likeness (QED) is 0.590. The van der Waals surface area contributed by atoms with Crippen molar-refractivity contribution in [3.8, 4) is 11.8 Å². The number of carbonyl (C=O) groups is 1. The summed E-state index contributed by atoms with van der Waals surface area (Å²) in [6, 6.07) is 1.63. The zero-order valence-corrected chi connectivity index (χ0v) is 8.55. The minimum Gasteiger partial charge on any atom is -0.456 e.